The van der Waals surface area contributed by atoms with Gasteiger partial charge in [-0.1, -0.05) is 25.1 Å². The van der Waals surface area contributed by atoms with E-state index in [1.54, 1.807) is 0 Å². The number of carbonyl (C=O) groups excluding carboxylic acids is 1. The third-order valence-electron chi connectivity index (χ3n) is 3.61. The van der Waals surface area contributed by atoms with Crippen LogP contribution in [0.15, 0.2) is 42.6 Å². The average molecular weight is 287 g/mol. The summed E-state index contributed by atoms with van der Waals surface area (Å²) in [6.07, 6.45) is 1.48. The minimum atomic E-state index is -1.17. The molecule has 4 nitrogen and oxygen atoms in total. The van der Waals surface area contributed by atoms with Gasteiger partial charge in [-0.05, 0) is 37.1 Å². The number of hydrogen-bond acceptors (Lipinski definition) is 3. The van der Waals surface area contributed by atoms with Gasteiger partial charge in [0.15, 0.2) is 5.54 Å². The van der Waals surface area contributed by atoms with Gasteiger partial charge in [0.25, 0.3) is 0 Å². The number of aromatic nitrogens is 1. The van der Waals surface area contributed by atoms with E-state index in [1.807, 2.05) is 38.1 Å². The highest BCUT2D eigenvalue weighted by Crippen LogP contribution is 2.29. The van der Waals surface area contributed by atoms with Crippen molar-refractivity contribution in [3.63, 3.8) is 0 Å². The Kier molecular flexibility index (Phi) is 4.21. The maximum absolute atomic E-state index is 13.1. The first-order valence-electron chi connectivity index (χ1n) is 6.75. The standard InChI is InChI=1S/C16H18FN3O/c1-3-16(15(18)21,14-9-8-12(17)10-19-14)20-13-7-5-4-6-11(13)2/h4-10,20H,3H2,1-2H3,(H2,18,21). The number of amides is 1. The number of pyridine rings is 1. The Morgan fingerprint density at radius 2 is 2.05 bits per heavy atom. The smallest absolute Gasteiger partial charge is 0.249 e. The molecule has 0 spiro atoms. The molecule has 1 aromatic heterocycles. The van der Waals surface area contributed by atoms with Crippen LogP contribution in [-0.2, 0) is 10.3 Å². The second-order valence-electron chi connectivity index (χ2n) is 4.92. The minimum Gasteiger partial charge on any atom is -0.367 e. The summed E-state index contributed by atoms with van der Waals surface area (Å²) in [6.45, 7) is 3.77. The van der Waals surface area contributed by atoms with Gasteiger partial charge < -0.3 is 11.1 Å². The van der Waals surface area contributed by atoms with Crippen LogP contribution in [0, 0.1) is 12.7 Å². The van der Waals surface area contributed by atoms with Crippen LogP contribution in [0.5, 0.6) is 0 Å². The van der Waals surface area contributed by atoms with E-state index in [0.717, 1.165) is 17.4 Å². The number of hydrogen-bond donors (Lipinski definition) is 2. The minimum absolute atomic E-state index is 0.398. The van der Waals surface area contributed by atoms with E-state index >= 15 is 0 Å². The molecule has 3 N–H and O–H groups in total. The van der Waals surface area contributed by atoms with Crippen LogP contribution in [0.2, 0.25) is 0 Å². The lowest BCUT2D eigenvalue weighted by Crippen LogP contribution is -2.48. The molecule has 0 saturated heterocycles. The van der Waals surface area contributed by atoms with E-state index in [9.17, 15) is 9.18 Å². The Labute approximate surface area is 123 Å². The van der Waals surface area contributed by atoms with E-state index in [-0.39, 0.29) is 0 Å². The fourth-order valence-corrected chi connectivity index (χ4v) is 2.27. The number of nitrogens with one attached hydrogen (secondary N) is 1. The van der Waals surface area contributed by atoms with Crippen molar-refractivity contribution in [2.24, 2.45) is 5.73 Å². The van der Waals surface area contributed by atoms with Gasteiger partial charge in [0.05, 0.1) is 11.9 Å². The van der Waals surface area contributed by atoms with E-state index < -0.39 is 17.3 Å². The fraction of sp³-hybridized carbons (Fsp3) is 0.250. The summed E-state index contributed by atoms with van der Waals surface area (Å²) in [5.74, 6) is -1.00. The van der Waals surface area contributed by atoms with Crippen LogP contribution in [0.25, 0.3) is 0 Å². The van der Waals surface area contributed by atoms with E-state index in [0.29, 0.717) is 12.1 Å². The second kappa shape index (κ2) is 5.91. The van der Waals surface area contributed by atoms with Crippen molar-refractivity contribution in [1.82, 2.24) is 4.98 Å². The topological polar surface area (TPSA) is 68.0 Å². The molecule has 1 amide bonds. The summed E-state index contributed by atoms with van der Waals surface area (Å²) < 4.78 is 13.1. The van der Waals surface area contributed by atoms with Crippen LogP contribution in [-0.4, -0.2) is 10.9 Å². The Morgan fingerprint density at radius 3 is 2.57 bits per heavy atom. The number of primary amides is 1. The van der Waals surface area contributed by atoms with Crippen molar-refractivity contribution in [2.45, 2.75) is 25.8 Å². The number of anilines is 1. The lowest BCUT2D eigenvalue weighted by molar-refractivity contribution is -0.122. The van der Waals surface area contributed by atoms with Crippen molar-refractivity contribution >= 4 is 11.6 Å². The second-order valence-corrected chi connectivity index (χ2v) is 4.92. The van der Waals surface area contributed by atoms with Crippen molar-refractivity contribution < 1.29 is 9.18 Å². The van der Waals surface area contributed by atoms with Crippen molar-refractivity contribution in [3.8, 4) is 0 Å². The Bertz CT molecular complexity index is 642. The van der Waals surface area contributed by atoms with Gasteiger partial charge in [-0.15, -0.1) is 0 Å². The van der Waals surface area contributed by atoms with Crippen LogP contribution >= 0.6 is 0 Å². The highest BCUT2D eigenvalue weighted by Gasteiger charge is 2.38. The molecule has 0 aliphatic rings. The number of halogens is 1. The summed E-state index contributed by atoms with van der Waals surface area (Å²) in [5, 5.41) is 3.19. The molecule has 1 heterocycles. The zero-order valence-corrected chi connectivity index (χ0v) is 12.1. The predicted molar refractivity (Wildman–Crippen MR) is 80.2 cm³/mol. The average Bonchev–Trinajstić information content (AvgIpc) is 2.47. The molecule has 1 unspecified atom stereocenters. The third kappa shape index (κ3) is 2.86. The highest BCUT2D eigenvalue weighted by atomic mass is 19.1. The monoisotopic (exact) mass is 287 g/mol. The first kappa shape index (κ1) is 15.0. The predicted octanol–water partition coefficient (Wildman–Crippen LogP) is 2.73. The van der Waals surface area contributed by atoms with Gasteiger partial charge in [0, 0.05) is 5.69 Å². The number of carbonyl (C=O) groups is 1. The molecule has 0 radical (unpaired) electrons. The summed E-state index contributed by atoms with van der Waals surface area (Å²) in [7, 11) is 0. The molecule has 5 heteroatoms. The fourth-order valence-electron chi connectivity index (χ4n) is 2.27. The number of para-hydroxylation sites is 1. The number of nitrogens with zero attached hydrogens (tertiary/aromatic N) is 1. The van der Waals surface area contributed by atoms with Crippen molar-refractivity contribution in [2.75, 3.05) is 5.32 Å². The number of nitrogens with two attached hydrogens (primary N) is 1. The zero-order valence-electron chi connectivity index (χ0n) is 12.1. The first-order chi connectivity index (χ1) is 9.99. The number of benzene rings is 1. The summed E-state index contributed by atoms with van der Waals surface area (Å²) >= 11 is 0. The van der Waals surface area contributed by atoms with Gasteiger partial charge in [-0.2, -0.15) is 0 Å². The van der Waals surface area contributed by atoms with Crippen LogP contribution in [0.1, 0.15) is 24.6 Å². The molecular formula is C16H18FN3O. The van der Waals surface area contributed by atoms with Crippen molar-refractivity contribution in [3.05, 3.63) is 59.7 Å². The van der Waals surface area contributed by atoms with Gasteiger partial charge >= 0.3 is 0 Å². The molecule has 0 fully saturated rings. The van der Waals surface area contributed by atoms with E-state index in [4.69, 9.17) is 5.73 Å². The molecule has 0 bridgehead atoms. The molecule has 2 rings (SSSR count). The molecule has 1 aromatic carbocycles. The largest absolute Gasteiger partial charge is 0.367 e. The van der Waals surface area contributed by atoms with Gasteiger partial charge in [0.2, 0.25) is 5.91 Å². The van der Waals surface area contributed by atoms with E-state index in [2.05, 4.69) is 10.3 Å². The number of rotatable bonds is 5. The maximum atomic E-state index is 13.1. The molecule has 110 valence electrons. The van der Waals surface area contributed by atoms with Crippen LogP contribution in [0.4, 0.5) is 10.1 Å². The molecule has 1 atom stereocenters. The van der Waals surface area contributed by atoms with Crippen molar-refractivity contribution in [1.29, 1.82) is 0 Å². The van der Waals surface area contributed by atoms with Crippen LogP contribution in [0.3, 0.4) is 0 Å². The molecule has 2 aromatic rings. The lowest BCUT2D eigenvalue weighted by atomic mass is 9.89. The lowest BCUT2D eigenvalue weighted by Gasteiger charge is -2.31. The van der Waals surface area contributed by atoms with Gasteiger partial charge in [0.1, 0.15) is 5.82 Å². The Morgan fingerprint density at radius 1 is 1.33 bits per heavy atom. The molecule has 21 heavy (non-hydrogen) atoms. The first-order valence-corrected chi connectivity index (χ1v) is 6.75. The summed E-state index contributed by atoms with van der Waals surface area (Å²) in [5.41, 5.74) is 6.63. The zero-order chi connectivity index (χ0) is 15.5. The normalized spacial score (nSPS) is 13.5. The van der Waals surface area contributed by atoms with Crippen LogP contribution < -0.4 is 11.1 Å². The molecule has 0 saturated carbocycles. The highest BCUT2D eigenvalue weighted by molar-refractivity contribution is 5.89. The Balaban J connectivity index is 2.50. The maximum Gasteiger partial charge on any atom is 0.249 e. The third-order valence-corrected chi connectivity index (χ3v) is 3.61. The molecular weight excluding hydrogens is 269 g/mol. The number of aryl methyl sites for hydroxylation is 1. The van der Waals surface area contributed by atoms with E-state index in [1.165, 1.54) is 12.1 Å². The van der Waals surface area contributed by atoms with Gasteiger partial charge in [-0.3, -0.25) is 9.78 Å². The van der Waals surface area contributed by atoms with Gasteiger partial charge in [-0.25, -0.2) is 4.39 Å². The molecule has 0 aliphatic carbocycles. The summed E-state index contributed by atoms with van der Waals surface area (Å²) in [6, 6.07) is 10.3. The summed E-state index contributed by atoms with van der Waals surface area (Å²) in [4.78, 5) is 16.1. The quantitative estimate of drug-likeness (QED) is 0.888. The SMILES string of the molecule is CCC(Nc1ccccc1C)(C(N)=O)c1ccc(F)cn1. The molecule has 0 aliphatic heterocycles. The Hall–Kier alpha value is -2.43.